The van der Waals surface area contributed by atoms with Crippen molar-refractivity contribution in [1.82, 2.24) is 15.1 Å². The summed E-state index contributed by atoms with van der Waals surface area (Å²) in [5.74, 6) is 0.108. The minimum atomic E-state index is -0.331. The molecule has 1 aromatic heterocycles. The third kappa shape index (κ3) is 5.59. The average molecular weight is 492 g/mol. The largest absolute Gasteiger partial charge is 0.497 e. The van der Waals surface area contributed by atoms with Gasteiger partial charge in [0.05, 0.1) is 24.5 Å². The van der Waals surface area contributed by atoms with Crippen LogP contribution in [0.4, 0.5) is 4.39 Å². The molecule has 0 spiro atoms. The SMILES string of the molecule is COc1ccc(-n2nc(-c3ccc(F)cc3)cc2C(=O)NC(Cc2ccccc2)c2ccccc2)cc1. The fraction of sp³-hybridized carbons (Fsp3) is 0.0968. The van der Waals surface area contributed by atoms with Gasteiger partial charge >= 0.3 is 0 Å². The van der Waals surface area contributed by atoms with Crippen molar-refractivity contribution >= 4 is 5.91 Å². The Morgan fingerprint density at radius 2 is 1.54 bits per heavy atom. The number of methoxy groups -OCH3 is 1. The van der Waals surface area contributed by atoms with E-state index in [-0.39, 0.29) is 17.8 Å². The zero-order valence-electron chi connectivity index (χ0n) is 20.3. The second-order valence-electron chi connectivity index (χ2n) is 8.66. The maximum absolute atomic E-state index is 13.8. The molecule has 5 rings (SSSR count). The Kier molecular flexibility index (Phi) is 7.08. The van der Waals surface area contributed by atoms with E-state index in [4.69, 9.17) is 9.84 Å². The molecular formula is C31H26FN3O2. The first kappa shape index (κ1) is 24.0. The molecule has 0 saturated carbocycles. The van der Waals surface area contributed by atoms with Crippen molar-refractivity contribution in [2.45, 2.75) is 12.5 Å². The van der Waals surface area contributed by atoms with Crippen LogP contribution in [-0.2, 0) is 6.42 Å². The van der Waals surface area contributed by atoms with E-state index in [1.807, 2.05) is 72.8 Å². The summed E-state index contributed by atoms with van der Waals surface area (Å²) in [4.78, 5) is 13.8. The maximum Gasteiger partial charge on any atom is 0.270 e. The third-order valence-corrected chi connectivity index (χ3v) is 6.19. The van der Waals surface area contributed by atoms with Crippen molar-refractivity contribution in [3.8, 4) is 22.7 Å². The van der Waals surface area contributed by atoms with E-state index < -0.39 is 0 Å². The number of nitrogens with zero attached hydrogens (tertiary/aromatic N) is 2. The Hall–Kier alpha value is -4.71. The molecule has 0 aliphatic carbocycles. The molecule has 1 unspecified atom stereocenters. The topological polar surface area (TPSA) is 56.2 Å². The Morgan fingerprint density at radius 1 is 0.892 bits per heavy atom. The molecule has 5 aromatic rings. The zero-order chi connectivity index (χ0) is 25.6. The van der Waals surface area contributed by atoms with Crippen LogP contribution in [0.15, 0.2) is 115 Å². The number of rotatable bonds is 8. The van der Waals surface area contributed by atoms with E-state index in [1.54, 1.807) is 30.0 Å². The lowest BCUT2D eigenvalue weighted by molar-refractivity contribution is 0.0928. The number of carbonyl (C=O) groups is 1. The van der Waals surface area contributed by atoms with E-state index in [9.17, 15) is 9.18 Å². The average Bonchev–Trinajstić information content (AvgIpc) is 3.40. The normalized spacial score (nSPS) is 11.6. The third-order valence-electron chi connectivity index (χ3n) is 6.19. The number of benzene rings is 4. The lowest BCUT2D eigenvalue weighted by Crippen LogP contribution is -2.31. The van der Waals surface area contributed by atoms with E-state index in [0.717, 1.165) is 11.1 Å². The quantitative estimate of drug-likeness (QED) is 0.273. The Balaban J connectivity index is 1.52. The maximum atomic E-state index is 13.8. The van der Waals surface area contributed by atoms with Gasteiger partial charge in [-0.15, -0.1) is 0 Å². The van der Waals surface area contributed by atoms with Gasteiger partial charge in [-0.05, 0) is 72.1 Å². The van der Waals surface area contributed by atoms with Crippen LogP contribution in [0.2, 0.25) is 0 Å². The van der Waals surface area contributed by atoms with Gasteiger partial charge in [-0.2, -0.15) is 5.10 Å². The fourth-order valence-corrected chi connectivity index (χ4v) is 4.24. The van der Waals surface area contributed by atoms with Crippen molar-refractivity contribution in [2.24, 2.45) is 0 Å². The van der Waals surface area contributed by atoms with Crippen molar-refractivity contribution < 1.29 is 13.9 Å². The van der Waals surface area contributed by atoms with Crippen LogP contribution in [0.5, 0.6) is 5.75 Å². The number of amides is 1. The standard InChI is InChI=1S/C31H26FN3O2/c1-37-27-18-16-26(17-19-27)35-30(21-29(34-35)24-12-14-25(32)15-13-24)31(36)33-28(23-10-6-3-7-11-23)20-22-8-4-2-5-9-22/h2-19,21,28H,20H2,1H3,(H,33,36). The molecule has 1 atom stereocenters. The van der Waals surface area contributed by atoms with Gasteiger partial charge in [0.2, 0.25) is 0 Å². The number of hydrogen-bond donors (Lipinski definition) is 1. The Morgan fingerprint density at radius 3 is 2.19 bits per heavy atom. The van der Waals surface area contributed by atoms with Crippen LogP contribution < -0.4 is 10.1 Å². The minimum absolute atomic E-state index is 0.246. The van der Waals surface area contributed by atoms with Gasteiger partial charge in [0.15, 0.2) is 0 Å². The molecule has 0 bridgehead atoms. The zero-order valence-corrected chi connectivity index (χ0v) is 20.3. The number of aromatic nitrogens is 2. The molecule has 184 valence electrons. The highest BCUT2D eigenvalue weighted by Gasteiger charge is 2.22. The van der Waals surface area contributed by atoms with Crippen molar-refractivity contribution in [1.29, 1.82) is 0 Å². The minimum Gasteiger partial charge on any atom is -0.497 e. The highest BCUT2D eigenvalue weighted by molar-refractivity contribution is 5.94. The molecule has 6 heteroatoms. The number of hydrogen-bond acceptors (Lipinski definition) is 3. The molecule has 1 amide bonds. The van der Waals surface area contributed by atoms with Gasteiger partial charge < -0.3 is 10.1 Å². The molecule has 5 nitrogen and oxygen atoms in total. The molecule has 37 heavy (non-hydrogen) atoms. The summed E-state index contributed by atoms with van der Waals surface area (Å²) in [6.45, 7) is 0. The van der Waals surface area contributed by atoms with Gasteiger partial charge in [0.1, 0.15) is 17.3 Å². The highest BCUT2D eigenvalue weighted by Crippen LogP contribution is 2.25. The van der Waals surface area contributed by atoms with Crippen LogP contribution in [0.3, 0.4) is 0 Å². The van der Waals surface area contributed by atoms with E-state index in [0.29, 0.717) is 34.8 Å². The highest BCUT2D eigenvalue weighted by atomic mass is 19.1. The molecule has 0 saturated heterocycles. The molecule has 0 radical (unpaired) electrons. The van der Waals surface area contributed by atoms with Gasteiger partial charge in [0.25, 0.3) is 5.91 Å². The van der Waals surface area contributed by atoms with Crippen LogP contribution in [0, 0.1) is 5.82 Å². The first-order valence-corrected chi connectivity index (χ1v) is 12.0. The summed E-state index contributed by atoms with van der Waals surface area (Å²) >= 11 is 0. The van der Waals surface area contributed by atoms with Crippen LogP contribution in [-0.4, -0.2) is 22.8 Å². The molecule has 1 N–H and O–H groups in total. The lowest BCUT2D eigenvalue weighted by Gasteiger charge is -2.20. The van der Waals surface area contributed by atoms with Gasteiger partial charge in [-0.3, -0.25) is 4.79 Å². The lowest BCUT2D eigenvalue weighted by atomic mass is 9.98. The Labute approximate surface area is 215 Å². The number of nitrogens with one attached hydrogen (secondary N) is 1. The number of carbonyl (C=O) groups excluding carboxylic acids is 1. The molecule has 0 aliphatic heterocycles. The van der Waals surface area contributed by atoms with Crippen molar-refractivity contribution in [3.63, 3.8) is 0 Å². The van der Waals surface area contributed by atoms with Crippen LogP contribution >= 0.6 is 0 Å². The van der Waals surface area contributed by atoms with Gasteiger partial charge in [-0.1, -0.05) is 60.7 Å². The van der Waals surface area contributed by atoms with Gasteiger partial charge in [0, 0.05) is 5.56 Å². The summed E-state index contributed by atoms with van der Waals surface area (Å²) in [6, 6.07) is 34.9. The summed E-state index contributed by atoms with van der Waals surface area (Å²) < 4.78 is 20.4. The van der Waals surface area contributed by atoms with Crippen molar-refractivity contribution in [3.05, 3.63) is 138 Å². The predicted molar refractivity (Wildman–Crippen MR) is 142 cm³/mol. The van der Waals surface area contributed by atoms with Crippen LogP contribution in [0.1, 0.15) is 27.7 Å². The molecule has 0 aliphatic rings. The summed E-state index contributed by atoms with van der Waals surface area (Å²) in [5.41, 5.74) is 4.49. The summed E-state index contributed by atoms with van der Waals surface area (Å²) in [6.07, 6.45) is 0.637. The van der Waals surface area contributed by atoms with E-state index >= 15 is 0 Å². The number of ether oxygens (including phenoxy) is 1. The fourth-order valence-electron chi connectivity index (χ4n) is 4.24. The molecule has 0 fully saturated rings. The first-order valence-electron chi connectivity index (χ1n) is 12.0. The van der Waals surface area contributed by atoms with E-state index in [1.165, 1.54) is 12.1 Å². The second-order valence-corrected chi connectivity index (χ2v) is 8.66. The smallest absolute Gasteiger partial charge is 0.270 e. The van der Waals surface area contributed by atoms with Crippen molar-refractivity contribution in [2.75, 3.05) is 7.11 Å². The predicted octanol–water partition coefficient (Wildman–Crippen LogP) is 6.40. The second kappa shape index (κ2) is 10.9. The van der Waals surface area contributed by atoms with E-state index in [2.05, 4.69) is 17.4 Å². The Bertz CT molecular complexity index is 1470. The molecule has 4 aromatic carbocycles. The number of halogens is 1. The molecular weight excluding hydrogens is 465 g/mol. The summed E-state index contributed by atoms with van der Waals surface area (Å²) in [5, 5.41) is 7.93. The van der Waals surface area contributed by atoms with Gasteiger partial charge in [-0.25, -0.2) is 9.07 Å². The first-order chi connectivity index (χ1) is 18.1. The monoisotopic (exact) mass is 491 g/mol. The summed E-state index contributed by atoms with van der Waals surface area (Å²) in [7, 11) is 1.60. The molecule has 1 heterocycles. The van der Waals surface area contributed by atoms with Crippen LogP contribution in [0.25, 0.3) is 16.9 Å².